The van der Waals surface area contributed by atoms with Crippen LogP contribution >= 0.6 is 0 Å². The zero-order valence-electron chi connectivity index (χ0n) is 19.4. The minimum absolute atomic E-state index is 0.0705. The SMILES string of the molecule is Cc1ccc(CC(=O)N2CCN(CC(=O)NN3C(=O)NC4(CCC(C)CC4)C3=O)CC2)cc1. The van der Waals surface area contributed by atoms with Crippen LogP contribution in [0.1, 0.15) is 43.7 Å². The van der Waals surface area contributed by atoms with Crippen molar-refractivity contribution in [1.29, 1.82) is 0 Å². The number of rotatable bonds is 5. The van der Waals surface area contributed by atoms with Gasteiger partial charge in [-0.1, -0.05) is 36.8 Å². The molecular formula is C24H33N5O4. The number of nitrogens with one attached hydrogen (secondary N) is 2. The van der Waals surface area contributed by atoms with Crippen LogP contribution in [0.25, 0.3) is 0 Å². The molecule has 0 atom stereocenters. The molecule has 5 amide bonds. The number of piperazine rings is 1. The first-order chi connectivity index (χ1) is 15.8. The van der Waals surface area contributed by atoms with Crippen molar-refractivity contribution in [3.05, 3.63) is 35.4 Å². The second-order valence-electron chi connectivity index (χ2n) is 9.69. The Labute approximate surface area is 194 Å². The first-order valence-corrected chi connectivity index (χ1v) is 11.8. The molecule has 4 rings (SSSR count). The van der Waals surface area contributed by atoms with Gasteiger partial charge in [0.1, 0.15) is 5.54 Å². The van der Waals surface area contributed by atoms with Crippen LogP contribution in [0.5, 0.6) is 0 Å². The molecule has 3 fully saturated rings. The Morgan fingerprint density at radius 3 is 2.33 bits per heavy atom. The van der Waals surface area contributed by atoms with Crippen molar-refractivity contribution in [2.45, 2.75) is 51.5 Å². The lowest BCUT2D eigenvalue weighted by Gasteiger charge is -2.35. The van der Waals surface area contributed by atoms with Crippen molar-refractivity contribution in [2.24, 2.45) is 5.92 Å². The van der Waals surface area contributed by atoms with E-state index in [0.29, 0.717) is 51.4 Å². The van der Waals surface area contributed by atoms with Crippen LogP contribution in [-0.4, -0.2) is 76.8 Å². The first-order valence-electron chi connectivity index (χ1n) is 11.8. The summed E-state index contributed by atoms with van der Waals surface area (Å²) < 4.78 is 0. The molecule has 2 N–H and O–H groups in total. The highest BCUT2D eigenvalue weighted by atomic mass is 16.2. The number of hydrogen-bond donors (Lipinski definition) is 2. The lowest BCUT2D eigenvalue weighted by atomic mass is 9.77. The lowest BCUT2D eigenvalue weighted by molar-refractivity contribution is -0.141. The predicted octanol–water partition coefficient (Wildman–Crippen LogP) is 1.21. The molecule has 9 nitrogen and oxygen atoms in total. The van der Waals surface area contributed by atoms with Gasteiger partial charge in [-0.15, -0.1) is 0 Å². The van der Waals surface area contributed by atoms with E-state index >= 15 is 0 Å². The van der Waals surface area contributed by atoms with Crippen molar-refractivity contribution in [3.8, 4) is 0 Å². The quantitative estimate of drug-likeness (QED) is 0.650. The van der Waals surface area contributed by atoms with Gasteiger partial charge < -0.3 is 10.2 Å². The van der Waals surface area contributed by atoms with E-state index in [1.165, 1.54) is 0 Å². The van der Waals surface area contributed by atoms with Crippen molar-refractivity contribution in [2.75, 3.05) is 32.7 Å². The van der Waals surface area contributed by atoms with E-state index in [4.69, 9.17) is 0 Å². The van der Waals surface area contributed by atoms with E-state index in [9.17, 15) is 19.2 Å². The summed E-state index contributed by atoms with van der Waals surface area (Å²) in [7, 11) is 0. The summed E-state index contributed by atoms with van der Waals surface area (Å²) in [6.45, 7) is 6.45. The third kappa shape index (κ3) is 5.19. The smallest absolute Gasteiger partial charge is 0.340 e. The molecule has 0 unspecified atom stereocenters. The standard InChI is InChI=1S/C24H33N5O4/c1-17-3-5-19(6-4-17)15-21(31)28-13-11-27(12-14-28)16-20(30)26-29-22(32)24(25-23(29)33)9-7-18(2)8-10-24/h3-6,18H,7-16H2,1-2H3,(H,25,33)(H,26,30). The number of imide groups is 1. The third-order valence-corrected chi connectivity index (χ3v) is 7.09. The first kappa shape index (κ1) is 23.2. The maximum atomic E-state index is 12.9. The van der Waals surface area contributed by atoms with Crippen LogP contribution in [0.15, 0.2) is 24.3 Å². The number of urea groups is 1. The van der Waals surface area contributed by atoms with Crippen LogP contribution in [0.3, 0.4) is 0 Å². The number of carbonyl (C=O) groups is 4. The van der Waals surface area contributed by atoms with Crippen molar-refractivity contribution >= 4 is 23.8 Å². The zero-order valence-corrected chi connectivity index (χ0v) is 19.4. The molecule has 2 aliphatic heterocycles. The average molecular weight is 456 g/mol. The largest absolute Gasteiger partial charge is 0.344 e. The van der Waals surface area contributed by atoms with Gasteiger partial charge in [0.05, 0.1) is 13.0 Å². The van der Waals surface area contributed by atoms with Gasteiger partial charge in [-0.3, -0.25) is 24.7 Å². The summed E-state index contributed by atoms with van der Waals surface area (Å²) in [5.74, 6) is -0.153. The van der Waals surface area contributed by atoms with Gasteiger partial charge in [-0.05, 0) is 44.1 Å². The van der Waals surface area contributed by atoms with Crippen molar-refractivity contribution < 1.29 is 19.2 Å². The van der Waals surface area contributed by atoms with Gasteiger partial charge >= 0.3 is 6.03 Å². The number of nitrogens with zero attached hydrogens (tertiary/aromatic N) is 3. The molecule has 0 radical (unpaired) electrons. The summed E-state index contributed by atoms with van der Waals surface area (Å²) in [5.41, 5.74) is 3.77. The Kier molecular flexibility index (Phi) is 6.69. The third-order valence-electron chi connectivity index (χ3n) is 7.09. The maximum absolute atomic E-state index is 12.9. The Hall–Kier alpha value is -2.94. The van der Waals surface area contributed by atoms with Crippen molar-refractivity contribution in [1.82, 2.24) is 25.6 Å². The van der Waals surface area contributed by atoms with E-state index in [-0.39, 0.29) is 18.4 Å². The number of amides is 5. The molecule has 1 saturated carbocycles. The molecule has 1 aliphatic carbocycles. The van der Waals surface area contributed by atoms with E-state index in [0.717, 1.165) is 29.0 Å². The molecule has 2 heterocycles. The van der Waals surface area contributed by atoms with E-state index in [2.05, 4.69) is 17.7 Å². The molecule has 1 aromatic rings. The fourth-order valence-corrected chi connectivity index (χ4v) is 4.83. The van der Waals surface area contributed by atoms with Crippen LogP contribution in [0.2, 0.25) is 0 Å². The minimum atomic E-state index is -0.875. The molecule has 1 spiro atoms. The normalized spacial score (nSPS) is 25.9. The second kappa shape index (κ2) is 9.51. The number of aryl methyl sites for hydroxylation is 1. The van der Waals surface area contributed by atoms with Gasteiger partial charge in [0.15, 0.2) is 0 Å². The summed E-state index contributed by atoms with van der Waals surface area (Å²) in [4.78, 5) is 54.2. The van der Waals surface area contributed by atoms with Gasteiger partial charge in [-0.25, -0.2) is 4.79 Å². The van der Waals surface area contributed by atoms with Crippen LogP contribution < -0.4 is 10.7 Å². The van der Waals surface area contributed by atoms with Crippen LogP contribution in [0, 0.1) is 12.8 Å². The monoisotopic (exact) mass is 455 g/mol. The van der Waals surface area contributed by atoms with Gasteiger partial charge in [0.2, 0.25) is 5.91 Å². The molecule has 3 aliphatic rings. The average Bonchev–Trinajstić information content (AvgIpc) is 3.02. The van der Waals surface area contributed by atoms with E-state index in [1.807, 2.05) is 41.0 Å². The highest BCUT2D eigenvalue weighted by Gasteiger charge is 2.52. The predicted molar refractivity (Wildman–Crippen MR) is 122 cm³/mol. The molecule has 0 bridgehead atoms. The Morgan fingerprint density at radius 2 is 1.70 bits per heavy atom. The summed E-state index contributed by atoms with van der Waals surface area (Å²) in [6, 6.07) is 7.39. The topological polar surface area (TPSA) is 102 Å². The van der Waals surface area contributed by atoms with Crippen LogP contribution in [0.4, 0.5) is 4.79 Å². The molecule has 2 saturated heterocycles. The molecular weight excluding hydrogens is 422 g/mol. The van der Waals surface area contributed by atoms with Crippen molar-refractivity contribution in [3.63, 3.8) is 0 Å². The number of hydrogen-bond acceptors (Lipinski definition) is 5. The maximum Gasteiger partial charge on any atom is 0.344 e. The second-order valence-corrected chi connectivity index (χ2v) is 9.69. The Balaban J connectivity index is 1.23. The highest BCUT2D eigenvalue weighted by Crippen LogP contribution is 2.35. The summed E-state index contributed by atoms with van der Waals surface area (Å²) in [6.07, 6.45) is 3.32. The highest BCUT2D eigenvalue weighted by molar-refractivity contribution is 6.08. The van der Waals surface area contributed by atoms with E-state index < -0.39 is 17.5 Å². The fourth-order valence-electron chi connectivity index (χ4n) is 4.83. The Bertz CT molecular complexity index is 915. The van der Waals surface area contributed by atoms with Gasteiger partial charge in [-0.2, -0.15) is 5.01 Å². The molecule has 1 aromatic carbocycles. The molecule has 0 aromatic heterocycles. The van der Waals surface area contributed by atoms with Crippen LogP contribution in [-0.2, 0) is 20.8 Å². The lowest BCUT2D eigenvalue weighted by Crippen LogP contribution is -2.55. The van der Waals surface area contributed by atoms with Gasteiger partial charge in [0, 0.05) is 26.2 Å². The summed E-state index contributed by atoms with van der Waals surface area (Å²) >= 11 is 0. The number of carbonyl (C=O) groups excluding carboxylic acids is 4. The Morgan fingerprint density at radius 1 is 1.06 bits per heavy atom. The fraction of sp³-hybridized carbons (Fsp3) is 0.583. The number of hydrazine groups is 1. The number of benzene rings is 1. The minimum Gasteiger partial charge on any atom is -0.340 e. The zero-order chi connectivity index (χ0) is 23.6. The molecule has 33 heavy (non-hydrogen) atoms. The molecule has 178 valence electrons. The van der Waals surface area contributed by atoms with Gasteiger partial charge in [0.25, 0.3) is 11.8 Å². The van der Waals surface area contributed by atoms with E-state index in [1.54, 1.807) is 0 Å². The molecule has 9 heteroatoms. The summed E-state index contributed by atoms with van der Waals surface area (Å²) in [5, 5.41) is 3.65.